The van der Waals surface area contributed by atoms with Crippen molar-refractivity contribution in [3.05, 3.63) is 57.3 Å². The zero-order valence-electron chi connectivity index (χ0n) is 14.5. The van der Waals surface area contributed by atoms with Crippen molar-refractivity contribution in [2.45, 2.75) is 32.1 Å². The first-order valence-corrected chi connectivity index (χ1v) is 9.98. The third kappa shape index (κ3) is 5.08. The van der Waals surface area contributed by atoms with Gasteiger partial charge in [-0.2, -0.15) is 0 Å². The average Bonchev–Trinajstić information content (AvgIpc) is 2.67. The van der Waals surface area contributed by atoms with Gasteiger partial charge in [0.1, 0.15) is 5.82 Å². The lowest BCUT2D eigenvalue weighted by Crippen LogP contribution is -2.25. The van der Waals surface area contributed by atoms with E-state index in [9.17, 15) is 14.0 Å². The fraction of sp³-hybridized carbons (Fsp3) is 0.300. The quantitative estimate of drug-likeness (QED) is 0.595. The van der Waals surface area contributed by atoms with E-state index in [1.807, 2.05) is 0 Å². The Hall–Kier alpha value is -1.92. The van der Waals surface area contributed by atoms with Crippen molar-refractivity contribution < 1.29 is 14.0 Å². The number of carbonyl (C=O) groups is 2. The molecular weight excluding hydrogens is 435 g/mol. The second-order valence-corrected chi connectivity index (χ2v) is 7.92. The number of hydrogen-bond donors (Lipinski definition) is 2. The molecule has 2 N–H and O–H groups in total. The molecule has 0 bridgehead atoms. The molecule has 1 aliphatic rings. The van der Waals surface area contributed by atoms with Crippen LogP contribution in [0.4, 0.5) is 15.8 Å². The molecular formula is C20H19BrClFN2O2. The van der Waals surface area contributed by atoms with Crippen LogP contribution in [0.15, 0.2) is 40.9 Å². The molecule has 1 fully saturated rings. The Balaban J connectivity index is 1.73. The first kappa shape index (κ1) is 19.8. The Morgan fingerprint density at radius 2 is 1.78 bits per heavy atom. The number of amides is 2. The summed E-state index contributed by atoms with van der Waals surface area (Å²) >= 11 is 9.37. The normalized spacial score (nSPS) is 14.6. The van der Waals surface area contributed by atoms with Gasteiger partial charge in [0.25, 0.3) is 5.91 Å². The van der Waals surface area contributed by atoms with Gasteiger partial charge in [0.2, 0.25) is 5.91 Å². The summed E-state index contributed by atoms with van der Waals surface area (Å²) in [5, 5.41) is 5.65. The minimum atomic E-state index is -0.544. The molecule has 1 saturated carbocycles. The minimum absolute atomic E-state index is 0.0590. The van der Waals surface area contributed by atoms with Crippen LogP contribution in [-0.4, -0.2) is 11.8 Å². The van der Waals surface area contributed by atoms with Gasteiger partial charge in [0, 0.05) is 16.1 Å². The minimum Gasteiger partial charge on any atom is -0.323 e. The van der Waals surface area contributed by atoms with E-state index in [1.54, 1.807) is 18.2 Å². The van der Waals surface area contributed by atoms with Gasteiger partial charge in [-0.25, -0.2) is 4.39 Å². The number of carbonyl (C=O) groups excluding carboxylic acids is 2. The molecule has 0 spiro atoms. The molecule has 0 saturated heterocycles. The highest BCUT2D eigenvalue weighted by Crippen LogP contribution is 2.27. The molecule has 2 amide bonds. The summed E-state index contributed by atoms with van der Waals surface area (Å²) in [6, 6.07) is 9.02. The van der Waals surface area contributed by atoms with E-state index >= 15 is 0 Å². The molecule has 0 unspecified atom stereocenters. The summed E-state index contributed by atoms with van der Waals surface area (Å²) < 4.78 is 14.8. The molecule has 142 valence electrons. The number of nitrogens with one attached hydrogen (secondary N) is 2. The van der Waals surface area contributed by atoms with Gasteiger partial charge >= 0.3 is 0 Å². The molecule has 1 aliphatic carbocycles. The highest BCUT2D eigenvalue weighted by Gasteiger charge is 2.22. The molecule has 2 aromatic rings. The zero-order valence-corrected chi connectivity index (χ0v) is 16.9. The zero-order chi connectivity index (χ0) is 19.4. The predicted molar refractivity (Wildman–Crippen MR) is 109 cm³/mol. The Morgan fingerprint density at radius 3 is 2.52 bits per heavy atom. The summed E-state index contributed by atoms with van der Waals surface area (Å²) in [5.41, 5.74) is 0.725. The Kier molecular flexibility index (Phi) is 6.50. The average molecular weight is 454 g/mol. The molecule has 0 atom stereocenters. The van der Waals surface area contributed by atoms with E-state index in [2.05, 4.69) is 26.6 Å². The van der Waals surface area contributed by atoms with E-state index in [1.165, 1.54) is 18.2 Å². The lowest BCUT2D eigenvalue weighted by atomic mass is 9.88. The molecule has 7 heteroatoms. The Bertz CT molecular complexity index is 869. The first-order chi connectivity index (χ1) is 12.9. The highest BCUT2D eigenvalue weighted by molar-refractivity contribution is 9.10. The first-order valence-electron chi connectivity index (χ1n) is 8.81. The van der Waals surface area contributed by atoms with Gasteiger partial charge in [0.05, 0.1) is 16.3 Å². The Labute approximate surface area is 170 Å². The summed E-state index contributed by atoms with van der Waals surface area (Å²) in [5.74, 6) is -1.22. The number of anilines is 2. The van der Waals surface area contributed by atoms with Crippen molar-refractivity contribution >= 4 is 50.7 Å². The van der Waals surface area contributed by atoms with Gasteiger partial charge in [-0.3, -0.25) is 9.59 Å². The van der Waals surface area contributed by atoms with Crippen LogP contribution < -0.4 is 10.6 Å². The molecule has 27 heavy (non-hydrogen) atoms. The van der Waals surface area contributed by atoms with Gasteiger partial charge in [-0.1, -0.05) is 46.8 Å². The Morgan fingerprint density at radius 1 is 1.04 bits per heavy atom. The molecule has 0 aliphatic heterocycles. The van der Waals surface area contributed by atoms with Crippen LogP contribution in [0.5, 0.6) is 0 Å². The van der Waals surface area contributed by atoms with E-state index in [4.69, 9.17) is 11.6 Å². The number of benzene rings is 2. The van der Waals surface area contributed by atoms with E-state index < -0.39 is 11.7 Å². The van der Waals surface area contributed by atoms with Crippen molar-refractivity contribution in [2.24, 2.45) is 5.92 Å². The maximum Gasteiger partial charge on any atom is 0.257 e. The summed E-state index contributed by atoms with van der Waals surface area (Å²) in [6.45, 7) is 0. The number of rotatable bonds is 4. The van der Waals surface area contributed by atoms with E-state index in [0.29, 0.717) is 16.3 Å². The summed E-state index contributed by atoms with van der Waals surface area (Å²) in [4.78, 5) is 24.8. The predicted octanol–water partition coefficient (Wildman–Crippen LogP) is 6.01. The lowest BCUT2D eigenvalue weighted by molar-refractivity contribution is -0.120. The van der Waals surface area contributed by atoms with Crippen LogP contribution in [0, 0.1) is 11.7 Å². The SMILES string of the molecule is O=C(Nc1ccc(F)c(NC(=O)C2CCCCC2)c1)c1cc(Br)ccc1Cl. The highest BCUT2D eigenvalue weighted by atomic mass is 79.9. The van der Waals surface area contributed by atoms with Crippen LogP contribution in [0.2, 0.25) is 5.02 Å². The lowest BCUT2D eigenvalue weighted by Gasteiger charge is -2.21. The monoisotopic (exact) mass is 452 g/mol. The van der Waals surface area contributed by atoms with Crippen molar-refractivity contribution in [2.75, 3.05) is 10.6 Å². The molecule has 0 aromatic heterocycles. The smallest absolute Gasteiger partial charge is 0.257 e. The van der Waals surface area contributed by atoms with Crippen LogP contribution >= 0.6 is 27.5 Å². The van der Waals surface area contributed by atoms with Crippen molar-refractivity contribution in [1.29, 1.82) is 0 Å². The van der Waals surface area contributed by atoms with Crippen LogP contribution in [0.25, 0.3) is 0 Å². The van der Waals surface area contributed by atoms with E-state index in [0.717, 1.165) is 36.6 Å². The maximum absolute atomic E-state index is 14.1. The molecule has 3 rings (SSSR count). The van der Waals surface area contributed by atoms with Gasteiger partial charge in [0.15, 0.2) is 0 Å². The van der Waals surface area contributed by atoms with Crippen LogP contribution in [0.3, 0.4) is 0 Å². The second kappa shape index (κ2) is 8.85. The van der Waals surface area contributed by atoms with Crippen molar-refractivity contribution in [1.82, 2.24) is 0 Å². The van der Waals surface area contributed by atoms with Crippen LogP contribution in [0.1, 0.15) is 42.5 Å². The molecule has 4 nitrogen and oxygen atoms in total. The molecule has 0 heterocycles. The maximum atomic E-state index is 14.1. The second-order valence-electron chi connectivity index (χ2n) is 6.60. The number of halogens is 3. The summed E-state index contributed by atoms with van der Waals surface area (Å²) in [6.07, 6.45) is 4.82. The third-order valence-corrected chi connectivity index (χ3v) is 5.45. The van der Waals surface area contributed by atoms with Gasteiger partial charge in [-0.15, -0.1) is 0 Å². The van der Waals surface area contributed by atoms with E-state index in [-0.39, 0.29) is 17.5 Å². The topological polar surface area (TPSA) is 58.2 Å². The standard InChI is InChI=1S/C20H19BrClFN2O2/c21-13-6-8-16(22)15(10-13)20(27)24-14-7-9-17(23)18(11-14)25-19(26)12-4-2-1-3-5-12/h6-12H,1-5H2,(H,24,27)(H,25,26). The van der Waals surface area contributed by atoms with Crippen molar-refractivity contribution in [3.63, 3.8) is 0 Å². The summed E-state index contributed by atoms with van der Waals surface area (Å²) in [7, 11) is 0. The molecule has 0 radical (unpaired) electrons. The largest absolute Gasteiger partial charge is 0.323 e. The number of hydrogen-bond acceptors (Lipinski definition) is 2. The fourth-order valence-corrected chi connectivity index (χ4v) is 3.73. The van der Waals surface area contributed by atoms with Crippen molar-refractivity contribution in [3.8, 4) is 0 Å². The van der Waals surface area contributed by atoms with Crippen LogP contribution in [-0.2, 0) is 4.79 Å². The molecule has 2 aromatic carbocycles. The fourth-order valence-electron chi connectivity index (χ4n) is 3.17. The third-order valence-electron chi connectivity index (χ3n) is 4.63. The van der Waals surface area contributed by atoms with Gasteiger partial charge < -0.3 is 10.6 Å². The van der Waals surface area contributed by atoms with Gasteiger partial charge in [-0.05, 0) is 49.2 Å².